The van der Waals surface area contributed by atoms with Gasteiger partial charge in [0, 0.05) is 18.2 Å². The van der Waals surface area contributed by atoms with Crippen LogP contribution in [0.2, 0.25) is 0 Å². The lowest BCUT2D eigenvalue weighted by Gasteiger charge is -2.07. The lowest BCUT2D eigenvalue weighted by Crippen LogP contribution is -2.23. The van der Waals surface area contributed by atoms with Crippen LogP contribution in [0.4, 0.5) is 0 Å². The first-order chi connectivity index (χ1) is 8.19. The topological polar surface area (TPSA) is 75.0 Å². The third kappa shape index (κ3) is 2.63. The van der Waals surface area contributed by atoms with Crippen molar-refractivity contribution in [2.24, 2.45) is 0 Å². The van der Waals surface area contributed by atoms with Crippen LogP contribution in [-0.2, 0) is 6.42 Å². The first-order valence-electron chi connectivity index (χ1n) is 5.13. The minimum atomic E-state index is -0.498. The van der Waals surface area contributed by atoms with Gasteiger partial charge >= 0.3 is 5.69 Å². The van der Waals surface area contributed by atoms with E-state index < -0.39 is 11.2 Å². The van der Waals surface area contributed by atoms with Crippen LogP contribution >= 0.6 is 0 Å². The van der Waals surface area contributed by atoms with Gasteiger partial charge in [0.2, 0.25) is 0 Å². The minimum Gasteiger partial charge on any atom is -0.496 e. The smallest absolute Gasteiger partial charge is 0.325 e. The molecule has 0 aliphatic rings. The van der Waals surface area contributed by atoms with E-state index in [1.54, 1.807) is 7.11 Å². The number of rotatable bonds is 3. The zero-order valence-corrected chi connectivity index (χ0v) is 9.32. The van der Waals surface area contributed by atoms with Crippen LogP contribution in [0.1, 0.15) is 11.3 Å². The summed E-state index contributed by atoms with van der Waals surface area (Å²) in [6, 6.07) is 8.83. The summed E-state index contributed by atoms with van der Waals surface area (Å²) in [5, 5.41) is 0. The van der Waals surface area contributed by atoms with Gasteiger partial charge in [-0.15, -0.1) is 0 Å². The molecule has 0 atom stereocenters. The fourth-order valence-corrected chi connectivity index (χ4v) is 1.67. The van der Waals surface area contributed by atoms with E-state index >= 15 is 0 Å². The molecule has 1 heterocycles. The number of methoxy groups -OCH3 is 1. The molecule has 1 aromatic heterocycles. The highest BCUT2D eigenvalue weighted by Gasteiger charge is 2.04. The Bertz CT molecular complexity index is 600. The minimum absolute atomic E-state index is 0.404. The van der Waals surface area contributed by atoms with Crippen LogP contribution in [0, 0.1) is 0 Å². The standard InChI is InChI=1S/C12H12N2O3/c1-17-10-5-3-2-4-8(10)6-9-7-11(15)14-12(16)13-9/h2-5,7H,6H2,1H3,(H2,13,14,15,16). The maximum atomic E-state index is 11.1. The van der Waals surface area contributed by atoms with E-state index in [4.69, 9.17) is 4.74 Å². The monoisotopic (exact) mass is 232 g/mol. The summed E-state index contributed by atoms with van der Waals surface area (Å²) in [7, 11) is 1.58. The summed E-state index contributed by atoms with van der Waals surface area (Å²) < 4.78 is 5.20. The van der Waals surface area contributed by atoms with Gasteiger partial charge in [-0.1, -0.05) is 18.2 Å². The Labute approximate surface area is 97.1 Å². The van der Waals surface area contributed by atoms with Crippen molar-refractivity contribution in [3.05, 3.63) is 62.4 Å². The molecule has 2 N–H and O–H groups in total. The highest BCUT2D eigenvalue weighted by molar-refractivity contribution is 5.35. The van der Waals surface area contributed by atoms with E-state index in [9.17, 15) is 9.59 Å². The van der Waals surface area contributed by atoms with Crippen molar-refractivity contribution in [2.75, 3.05) is 7.11 Å². The molecule has 1 aromatic carbocycles. The number of nitrogens with one attached hydrogen (secondary N) is 2. The van der Waals surface area contributed by atoms with Gasteiger partial charge in [0.05, 0.1) is 7.11 Å². The highest BCUT2D eigenvalue weighted by atomic mass is 16.5. The number of para-hydroxylation sites is 1. The molecule has 0 saturated carbocycles. The molecular weight excluding hydrogens is 220 g/mol. The van der Waals surface area contributed by atoms with Gasteiger partial charge in [-0.2, -0.15) is 0 Å². The number of aromatic nitrogens is 2. The molecule has 5 nitrogen and oxygen atoms in total. The lowest BCUT2D eigenvalue weighted by molar-refractivity contribution is 0.410. The molecule has 0 radical (unpaired) electrons. The molecule has 5 heteroatoms. The quantitative estimate of drug-likeness (QED) is 0.816. The third-order valence-corrected chi connectivity index (χ3v) is 2.39. The Hall–Kier alpha value is -2.30. The van der Waals surface area contributed by atoms with Crippen LogP contribution < -0.4 is 16.0 Å². The molecule has 2 rings (SSSR count). The zero-order valence-electron chi connectivity index (χ0n) is 9.32. The van der Waals surface area contributed by atoms with E-state index in [-0.39, 0.29) is 0 Å². The number of hydrogen-bond donors (Lipinski definition) is 2. The summed E-state index contributed by atoms with van der Waals surface area (Å²) in [6.07, 6.45) is 0.448. The summed E-state index contributed by atoms with van der Waals surface area (Å²) in [5.74, 6) is 0.730. The lowest BCUT2D eigenvalue weighted by atomic mass is 10.1. The van der Waals surface area contributed by atoms with Gasteiger partial charge < -0.3 is 9.72 Å². The van der Waals surface area contributed by atoms with Crippen molar-refractivity contribution in [2.45, 2.75) is 6.42 Å². The predicted octanol–water partition coefficient (Wildman–Crippen LogP) is 0.663. The molecular formula is C12H12N2O3. The summed E-state index contributed by atoms with van der Waals surface area (Å²) >= 11 is 0. The fraction of sp³-hybridized carbons (Fsp3) is 0.167. The maximum absolute atomic E-state index is 11.1. The molecule has 0 unspecified atom stereocenters. The molecule has 0 aliphatic carbocycles. The molecule has 17 heavy (non-hydrogen) atoms. The Morgan fingerprint density at radius 3 is 2.65 bits per heavy atom. The van der Waals surface area contributed by atoms with E-state index in [2.05, 4.69) is 9.97 Å². The summed E-state index contributed by atoms with van der Waals surface area (Å²) in [5.41, 5.74) is 0.570. The third-order valence-electron chi connectivity index (χ3n) is 2.39. The van der Waals surface area contributed by atoms with Crippen LogP contribution in [0.25, 0.3) is 0 Å². The number of aromatic amines is 2. The van der Waals surface area contributed by atoms with Crippen molar-refractivity contribution < 1.29 is 4.74 Å². The van der Waals surface area contributed by atoms with Crippen LogP contribution in [-0.4, -0.2) is 17.1 Å². The van der Waals surface area contributed by atoms with Crippen LogP contribution in [0.15, 0.2) is 39.9 Å². The molecule has 2 aromatic rings. The van der Waals surface area contributed by atoms with Crippen molar-refractivity contribution in [1.29, 1.82) is 0 Å². The second-order valence-electron chi connectivity index (χ2n) is 3.60. The maximum Gasteiger partial charge on any atom is 0.325 e. The average Bonchev–Trinajstić information content (AvgIpc) is 2.28. The second-order valence-corrected chi connectivity index (χ2v) is 3.60. The van der Waals surface area contributed by atoms with Crippen LogP contribution in [0.5, 0.6) is 5.75 Å². The van der Waals surface area contributed by atoms with Crippen molar-refractivity contribution in [3.63, 3.8) is 0 Å². The zero-order chi connectivity index (χ0) is 12.3. The van der Waals surface area contributed by atoms with E-state index in [1.807, 2.05) is 24.3 Å². The first-order valence-corrected chi connectivity index (χ1v) is 5.13. The Kier molecular flexibility index (Phi) is 3.09. The first kappa shape index (κ1) is 11.2. The Balaban J connectivity index is 2.37. The summed E-state index contributed by atoms with van der Waals surface area (Å²) in [4.78, 5) is 27.0. The number of hydrogen-bond acceptors (Lipinski definition) is 3. The van der Waals surface area contributed by atoms with E-state index in [0.717, 1.165) is 11.3 Å². The highest BCUT2D eigenvalue weighted by Crippen LogP contribution is 2.19. The predicted molar refractivity (Wildman–Crippen MR) is 63.5 cm³/mol. The number of benzene rings is 1. The molecule has 0 bridgehead atoms. The number of H-pyrrole nitrogens is 2. The molecule has 0 fully saturated rings. The second kappa shape index (κ2) is 4.69. The van der Waals surface area contributed by atoms with E-state index in [0.29, 0.717) is 12.1 Å². The van der Waals surface area contributed by atoms with E-state index in [1.165, 1.54) is 6.07 Å². The molecule has 0 spiro atoms. The van der Waals surface area contributed by atoms with Gasteiger partial charge in [0.1, 0.15) is 5.75 Å². The molecule has 0 aliphatic heterocycles. The average molecular weight is 232 g/mol. The molecule has 0 amide bonds. The Morgan fingerprint density at radius 1 is 1.18 bits per heavy atom. The van der Waals surface area contributed by atoms with Crippen molar-refractivity contribution in [3.8, 4) is 5.75 Å². The SMILES string of the molecule is COc1ccccc1Cc1cc(=O)[nH]c(=O)[nH]1. The van der Waals surface area contributed by atoms with Gasteiger partial charge in [0.25, 0.3) is 5.56 Å². The summed E-state index contributed by atoms with van der Waals surface area (Å²) in [6.45, 7) is 0. The van der Waals surface area contributed by atoms with Gasteiger partial charge in [-0.05, 0) is 11.6 Å². The van der Waals surface area contributed by atoms with Gasteiger partial charge in [-0.25, -0.2) is 4.79 Å². The van der Waals surface area contributed by atoms with Crippen LogP contribution in [0.3, 0.4) is 0 Å². The van der Waals surface area contributed by atoms with Crippen molar-refractivity contribution in [1.82, 2.24) is 9.97 Å². The Morgan fingerprint density at radius 2 is 1.94 bits per heavy atom. The fourth-order valence-electron chi connectivity index (χ4n) is 1.67. The normalized spacial score (nSPS) is 10.2. The molecule has 88 valence electrons. The molecule has 0 saturated heterocycles. The van der Waals surface area contributed by atoms with Gasteiger partial charge in [-0.3, -0.25) is 9.78 Å². The largest absolute Gasteiger partial charge is 0.496 e. The van der Waals surface area contributed by atoms with Gasteiger partial charge in [0.15, 0.2) is 0 Å². The van der Waals surface area contributed by atoms with Crippen molar-refractivity contribution >= 4 is 0 Å². The number of ether oxygens (including phenoxy) is 1.